The number of nitrogens with one attached hydrogen (secondary N) is 1. The first-order valence-electron chi connectivity index (χ1n) is 5.81. The molecule has 0 aliphatic rings. The van der Waals surface area contributed by atoms with E-state index in [2.05, 4.69) is 19.9 Å². The molecule has 0 saturated heterocycles. The van der Waals surface area contributed by atoms with Gasteiger partial charge in [-0.25, -0.2) is 0 Å². The third kappa shape index (κ3) is 3.84. The van der Waals surface area contributed by atoms with Gasteiger partial charge < -0.3 is 9.73 Å². The number of rotatable bonds is 5. The summed E-state index contributed by atoms with van der Waals surface area (Å²) < 4.78 is 79.5. The molecule has 4 nitrogen and oxygen atoms in total. The van der Waals surface area contributed by atoms with E-state index in [0.29, 0.717) is 13.0 Å². The minimum Gasteiger partial charge on any atom is -0.423 e. The van der Waals surface area contributed by atoms with Crippen molar-refractivity contribution in [3.63, 3.8) is 0 Å². The highest BCUT2D eigenvalue weighted by Gasteiger charge is 2.60. The van der Waals surface area contributed by atoms with Gasteiger partial charge in [0.25, 0.3) is 0 Å². The van der Waals surface area contributed by atoms with Gasteiger partial charge in [0.1, 0.15) is 0 Å². The van der Waals surface area contributed by atoms with Crippen molar-refractivity contribution in [3.8, 4) is 0 Å². The molecule has 0 aliphatic carbocycles. The lowest BCUT2D eigenvalue weighted by atomic mass is 10.1. The van der Waals surface area contributed by atoms with E-state index in [0.717, 1.165) is 0 Å². The molecule has 0 radical (unpaired) electrons. The first-order valence-corrected chi connectivity index (χ1v) is 5.81. The van der Waals surface area contributed by atoms with E-state index in [9.17, 15) is 26.3 Å². The smallest absolute Gasteiger partial charge is 0.409 e. The fourth-order valence-electron chi connectivity index (χ4n) is 1.62. The van der Waals surface area contributed by atoms with Crippen LogP contribution in [0.4, 0.5) is 26.3 Å². The second kappa shape index (κ2) is 5.98. The Hall–Kier alpha value is -1.32. The summed E-state index contributed by atoms with van der Waals surface area (Å²) in [6.07, 6.45) is -10.7. The van der Waals surface area contributed by atoms with Gasteiger partial charge in [-0.2, -0.15) is 26.3 Å². The molecule has 1 rings (SSSR count). The van der Waals surface area contributed by atoms with Crippen molar-refractivity contribution >= 4 is 0 Å². The molecule has 0 amide bonds. The van der Waals surface area contributed by atoms with Crippen LogP contribution in [0, 0.1) is 0 Å². The van der Waals surface area contributed by atoms with Crippen LogP contribution >= 0.6 is 0 Å². The lowest BCUT2D eigenvalue weighted by Gasteiger charge is -2.19. The molecule has 1 N–H and O–H groups in total. The highest BCUT2D eigenvalue weighted by Crippen LogP contribution is 2.45. The normalized spacial score (nSPS) is 14.8. The molecular weight excluding hydrogens is 292 g/mol. The SMILES string of the molecule is CCNC(CC)c1nnc(C(C(F)(F)F)C(F)(F)F)o1. The predicted molar refractivity (Wildman–Crippen MR) is 55.9 cm³/mol. The molecule has 0 aliphatic heterocycles. The largest absolute Gasteiger partial charge is 0.423 e. The maximum absolute atomic E-state index is 12.5. The van der Waals surface area contributed by atoms with E-state index in [1.807, 2.05) is 0 Å². The van der Waals surface area contributed by atoms with Crippen LogP contribution in [0.2, 0.25) is 0 Å². The lowest BCUT2D eigenvalue weighted by molar-refractivity contribution is -0.258. The number of nitrogens with zero attached hydrogens (tertiary/aromatic N) is 2. The minimum absolute atomic E-state index is 0.289. The number of hydrogen-bond acceptors (Lipinski definition) is 4. The Morgan fingerprint density at radius 1 is 1.00 bits per heavy atom. The van der Waals surface area contributed by atoms with E-state index >= 15 is 0 Å². The number of halogens is 6. The Morgan fingerprint density at radius 2 is 1.50 bits per heavy atom. The fraction of sp³-hybridized carbons (Fsp3) is 0.800. The molecule has 0 saturated carbocycles. The summed E-state index contributed by atoms with van der Waals surface area (Å²) in [7, 11) is 0. The van der Waals surface area contributed by atoms with Gasteiger partial charge in [0.15, 0.2) is 0 Å². The van der Waals surface area contributed by atoms with Gasteiger partial charge in [-0.05, 0) is 13.0 Å². The van der Waals surface area contributed by atoms with E-state index in [4.69, 9.17) is 0 Å². The van der Waals surface area contributed by atoms with Crippen LogP contribution in [-0.4, -0.2) is 29.1 Å². The zero-order valence-electron chi connectivity index (χ0n) is 10.6. The summed E-state index contributed by atoms with van der Waals surface area (Å²) >= 11 is 0. The third-order valence-electron chi connectivity index (χ3n) is 2.51. The van der Waals surface area contributed by atoms with E-state index in [-0.39, 0.29) is 5.89 Å². The highest BCUT2D eigenvalue weighted by atomic mass is 19.4. The van der Waals surface area contributed by atoms with Gasteiger partial charge >= 0.3 is 12.4 Å². The van der Waals surface area contributed by atoms with Crippen LogP contribution < -0.4 is 5.32 Å². The standard InChI is InChI=1S/C10H13F6N3O/c1-3-5(17-4-2)7-18-19-8(20-7)6(9(11,12)13)10(14,15)16/h5-6,17H,3-4H2,1-2H3. The monoisotopic (exact) mass is 305 g/mol. The molecule has 0 bridgehead atoms. The summed E-state index contributed by atoms with van der Waals surface area (Å²) in [5.74, 6) is -5.55. The molecule has 1 atom stereocenters. The quantitative estimate of drug-likeness (QED) is 0.848. The zero-order chi connectivity index (χ0) is 15.6. The maximum atomic E-state index is 12.5. The maximum Gasteiger partial charge on any atom is 0.409 e. The Labute approximate surface area is 110 Å². The van der Waals surface area contributed by atoms with Crippen molar-refractivity contribution in [2.75, 3.05) is 6.54 Å². The molecule has 1 aromatic rings. The topological polar surface area (TPSA) is 51.0 Å². The summed E-state index contributed by atoms with van der Waals surface area (Å²) in [5, 5.41) is 9.00. The van der Waals surface area contributed by atoms with Crippen LogP contribution in [0.1, 0.15) is 44.0 Å². The number of hydrogen-bond donors (Lipinski definition) is 1. The van der Waals surface area contributed by atoms with Gasteiger partial charge in [-0.1, -0.05) is 13.8 Å². The lowest BCUT2D eigenvalue weighted by Crippen LogP contribution is -2.34. The van der Waals surface area contributed by atoms with Crippen LogP contribution in [0.25, 0.3) is 0 Å². The van der Waals surface area contributed by atoms with Crippen LogP contribution in [0.15, 0.2) is 4.42 Å². The molecule has 1 unspecified atom stereocenters. The van der Waals surface area contributed by atoms with Crippen molar-refractivity contribution < 1.29 is 30.8 Å². The van der Waals surface area contributed by atoms with E-state index in [1.165, 1.54) is 0 Å². The Kier molecular flexibility index (Phi) is 5.00. The van der Waals surface area contributed by atoms with Gasteiger partial charge in [-0.15, -0.1) is 10.2 Å². The molecule has 10 heteroatoms. The second-order valence-corrected chi connectivity index (χ2v) is 4.01. The van der Waals surface area contributed by atoms with Gasteiger partial charge in [0.2, 0.25) is 17.7 Å². The Morgan fingerprint density at radius 3 is 1.90 bits per heavy atom. The van der Waals surface area contributed by atoms with Crippen LogP contribution in [0.3, 0.4) is 0 Å². The molecule has 116 valence electrons. The number of aromatic nitrogens is 2. The molecular formula is C10H13F6N3O. The molecule has 0 spiro atoms. The first kappa shape index (κ1) is 16.7. The third-order valence-corrected chi connectivity index (χ3v) is 2.51. The summed E-state index contributed by atoms with van der Waals surface area (Å²) in [4.78, 5) is 0. The average molecular weight is 305 g/mol. The van der Waals surface area contributed by atoms with Gasteiger partial charge in [-0.3, -0.25) is 0 Å². The Balaban J connectivity index is 3.10. The summed E-state index contributed by atoms with van der Waals surface area (Å²) in [6, 6.07) is -0.580. The molecule has 1 aromatic heterocycles. The second-order valence-electron chi connectivity index (χ2n) is 4.01. The van der Waals surface area contributed by atoms with E-state index < -0.39 is 30.2 Å². The first-order chi connectivity index (χ1) is 9.11. The van der Waals surface area contributed by atoms with Crippen LogP contribution in [-0.2, 0) is 0 Å². The highest BCUT2D eigenvalue weighted by molar-refractivity contribution is 5.01. The van der Waals surface area contributed by atoms with Crippen molar-refractivity contribution in [3.05, 3.63) is 11.8 Å². The van der Waals surface area contributed by atoms with Crippen molar-refractivity contribution in [1.29, 1.82) is 0 Å². The predicted octanol–water partition coefficient (Wildman–Crippen LogP) is 3.34. The van der Waals surface area contributed by atoms with Crippen molar-refractivity contribution in [2.45, 2.75) is 44.6 Å². The average Bonchev–Trinajstić information content (AvgIpc) is 2.70. The molecule has 0 fully saturated rings. The van der Waals surface area contributed by atoms with Crippen molar-refractivity contribution in [2.24, 2.45) is 0 Å². The Bertz CT molecular complexity index is 413. The minimum atomic E-state index is -5.54. The molecule has 1 heterocycles. The van der Waals surface area contributed by atoms with Crippen LogP contribution in [0.5, 0.6) is 0 Å². The summed E-state index contributed by atoms with van der Waals surface area (Å²) in [6.45, 7) is 3.87. The zero-order valence-corrected chi connectivity index (χ0v) is 10.6. The van der Waals surface area contributed by atoms with E-state index in [1.54, 1.807) is 13.8 Å². The van der Waals surface area contributed by atoms with Gasteiger partial charge in [0, 0.05) is 0 Å². The van der Waals surface area contributed by atoms with Crippen molar-refractivity contribution in [1.82, 2.24) is 15.5 Å². The molecule has 20 heavy (non-hydrogen) atoms. The fourth-order valence-corrected chi connectivity index (χ4v) is 1.62. The summed E-state index contributed by atoms with van der Waals surface area (Å²) in [5.41, 5.74) is 0. The molecule has 0 aromatic carbocycles. The number of alkyl halides is 6. The van der Waals surface area contributed by atoms with Gasteiger partial charge in [0.05, 0.1) is 6.04 Å².